The van der Waals surface area contributed by atoms with E-state index >= 15 is 0 Å². The van der Waals surface area contributed by atoms with Crippen molar-refractivity contribution in [2.45, 2.75) is 9.79 Å². The van der Waals surface area contributed by atoms with Crippen molar-refractivity contribution in [2.75, 3.05) is 0 Å². The molecule has 3 aromatic carbocycles. The summed E-state index contributed by atoms with van der Waals surface area (Å²) in [6, 6.07) is 20.4. The summed E-state index contributed by atoms with van der Waals surface area (Å²) in [6.45, 7) is 0. The zero-order valence-electron chi connectivity index (χ0n) is 13.4. The summed E-state index contributed by atoms with van der Waals surface area (Å²) in [4.78, 5) is 11.5. The molecule has 0 bridgehead atoms. The number of rotatable bonds is 2. The maximum atomic E-state index is 4.83. The predicted molar refractivity (Wildman–Crippen MR) is 118 cm³/mol. The maximum Gasteiger partial charge on any atom is 0.125 e. The van der Waals surface area contributed by atoms with Gasteiger partial charge in [0.1, 0.15) is 10.0 Å². The molecule has 0 spiro atoms. The van der Waals surface area contributed by atoms with E-state index in [2.05, 4.69) is 49.5 Å². The zero-order valence-corrected chi connectivity index (χ0v) is 16.8. The van der Waals surface area contributed by atoms with Gasteiger partial charge in [0.05, 0.1) is 20.4 Å². The molecule has 0 atom stereocenters. The maximum absolute atomic E-state index is 4.83. The fourth-order valence-electron chi connectivity index (χ4n) is 2.89. The Morgan fingerprint density at radius 2 is 1.04 bits per heavy atom. The van der Waals surface area contributed by atoms with Crippen molar-refractivity contribution in [3.05, 3.63) is 60.7 Å². The van der Waals surface area contributed by atoms with Gasteiger partial charge in [-0.05, 0) is 24.3 Å². The third-order valence-electron chi connectivity index (χ3n) is 4.17. The number of fused-ring (bicyclic) bond motifs is 2. The molecule has 0 N–H and O–H groups in total. The number of benzene rings is 3. The van der Waals surface area contributed by atoms with Crippen LogP contribution >= 0.6 is 47.9 Å². The molecule has 0 amide bonds. The van der Waals surface area contributed by atoms with Crippen LogP contribution in [-0.4, -0.2) is 9.97 Å². The minimum absolute atomic E-state index is 0.944. The van der Waals surface area contributed by atoms with E-state index in [1.807, 2.05) is 36.4 Å². The van der Waals surface area contributed by atoms with Crippen LogP contribution in [0.2, 0.25) is 0 Å². The Bertz CT molecular complexity index is 1120. The molecule has 0 unspecified atom stereocenters. The number of nitrogens with zero attached hydrogens (tertiary/aromatic N) is 2. The van der Waals surface area contributed by atoms with Crippen LogP contribution in [0.5, 0.6) is 0 Å². The van der Waals surface area contributed by atoms with E-state index in [0.29, 0.717) is 0 Å². The fourth-order valence-corrected chi connectivity index (χ4v) is 5.61. The van der Waals surface area contributed by atoms with Gasteiger partial charge in [0, 0.05) is 20.9 Å². The van der Waals surface area contributed by atoms with Crippen molar-refractivity contribution in [1.82, 2.24) is 9.97 Å². The zero-order chi connectivity index (χ0) is 17.7. The van der Waals surface area contributed by atoms with E-state index in [9.17, 15) is 0 Å². The SMILES string of the molecule is Sc1ccccc1-c1nc2cc3sc(-c4ccccc4S)nc3cc2s1. The summed E-state index contributed by atoms with van der Waals surface area (Å²) >= 11 is 12.5. The van der Waals surface area contributed by atoms with E-state index in [1.54, 1.807) is 22.7 Å². The summed E-state index contributed by atoms with van der Waals surface area (Å²) in [7, 11) is 0. The molecule has 5 aromatic rings. The van der Waals surface area contributed by atoms with Crippen molar-refractivity contribution in [1.29, 1.82) is 0 Å². The van der Waals surface area contributed by atoms with Gasteiger partial charge in [0.25, 0.3) is 0 Å². The van der Waals surface area contributed by atoms with Crippen LogP contribution in [-0.2, 0) is 0 Å². The minimum atomic E-state index is 0.944. The second-order valence-corrected chi connectivity index (χ2v) is 8.88. The fraction of sp³-hybridized carbons (Fsp3) is 0. The van der Waals surface area contributed by atoms with Gasteiger partial charge in [0.2, 0.25) is 0 Å². The van der Waals surface area contributed by atoms with E-state index in [1.165, 1.54) is 0 Å². The van der Waals surface area contributed by atoms with Gasteiger partial charge in [-0.2, -0.15) is 0 Å². The second-order valence-electron chi connectivity index (χ2n) is 5.86. The van der Waals surface area contributed by atoms with Gasteiger partial charge in [-0.1, -0.05) is 36.4 Å². The summed E-state index contributed by atoms with van der Waals surface area (Å²) in [6.07, 6.45) is 0. The van der Waals surface area contributed by atoms with Crippen molar-refractivity contribution < 1.29 is 0 Å². The summed E-state index contributed by atoms with van der Waals surface area (Å²) < 4.78 is 2.28. The highest BCUT2D eigenvalue weighted by atomic mass is 32.1. The number of hydrogen-bond donors (Lipinski definition) is 2. The molecule has 2 heterocycles. The van der Waals surface area contributed by atoms with Gasteiger partial charge >= 0.3 is 0 Å². The van der Waals surface area contributed by atoms with Crippen LogP contribution in [0.15, 0.2) is 70.5 Å². The summed E-state index contributed by atoms with van der Waals surface area (Å²) in [5.41, 5.74) is 4.14. The number of thiazole rings is 2. The third kappa shape index (κ3) is 2.74. The normalized spacial score (nSPS) is 11.5. The Morgan fingerprint density at radius 3 is 1.46 bits per heavy atom. The molecule has 2 aromatic heterocycles. The minimum Gasteiger partial charge on any atom is -0.236 e. The van der Waals surface area contributed by atoms with Gasteiger partial charge < -0.3 is 0 Å². The summed E-state index contributed by atoms with van der Waals surface area (Å²) in [5.74, 6) is 0. The Labute approximate surface area is 169 Å². The molecule has 0 saturated carbocycles. The van der Waals surface area contributed by atoms with Crippen LogP contribution in [0, 0.1) is 0 Å². The molecule has 126 valence electrons. The average Bonchev–Trinajstić information content (AvgIpc) is 3.23. The largest absolute Gasteiger partial charge is 0.236 e. The molecule has 0 aliphatic rings. The molecule has 2 nitrogen and oxygen atoms in total. The van der Waals surface area contributed by atoms with E-state index in [4.69, 9.17) is 9.97 Å². The lowest BCUT2D eigenvalue weighted by atomic mass is 10.2. The third-order valence-corrected chi connectivity index (χ3v) is 7.05. The monoisotopic (exact) mass is 408 g/mol. The first-order valence-corrected chi connectivity index (χ1v) is 10.5. The van der Waals surface area contributed by atoms with E-state index < -0.39 is 0 Å². The molecular weight excluding hydrogens is 397 g/mol. The smallest absolute Gasteiger partial charge is 0.125 e. The Morgan fingerprint density at radius 1 is 0.615 bits per heavy atom. The Balaban J connectivity index is 1.66. The number of aromatic nitrogens is 2. The second kappa shape index (κ2) is 6.39. The van der Waals surface area contributed by atoms with Crippen LogP contribution in [0.25, 0.3) is 41.6 Å². The van der Waals surface area contributed by atoms with Gasteiger partial charge in [0.15, 0.2) is 0 Å². The molecule has 5 rings (SSSR count). The highest BCUT2D eigenvalue weighted by Gasteiger charge is 2.13. The quantitative estimate of drug-likeness (QED) is 0.314. The van der Waals surface area contributed by atoms with E-state index in [-0.39, 0.29) is 0 Å². The molecule has 0 saturated heterocycles. The molecule has 0 radical (unpaired) electrons. The molecule has 6 heteroatoms. The average molecular weight is 409 g/mol. The van der Waals surface area contributed by atoms with Crippen LogP contribution < -0.4 is 0 Å². The number of thiol groups is 2. The van der Waals surface area contributed by atoms with Crippen molar-refractivity contribution in [3.8, 4) is 21.1 Å². The highest BCUT2D eigenvalue weighted by Crippen LogP contribution is 2.38. The highest BCUT2D eigenvalue weighted by molar-refractivity contribution is 7.80. The van der Waals surface area contributed by atoms with Crippen LogP contribution in [0.3, 0.4) is 0 Å². The topological polar surface area (TPSA) is 25.8 Å². The standard InChI is InChI=1S/C20H12N2S4/c23-15-7-3-1-5-11(15)19-21-13-9-18-14(10-17(13)25-19)22-20(26-18)12-6-2-4-8-16(12)24/h1-10,23-24H. The Hall–Kier alpha value is -1.86. The van der Waals surface area contributed by atoms with Gasteiger partial charge in [-0.25, -0.2) is 9.97 Å². The first-order chi connectivity index (χ1) is 12.7. The lowest BCUT2D eigenvalue weighted by Gasteiger charge is -1.98. The lowest BCUT2D eigenvalue weighted by Crippen LogP contribution is -1.77. The van der Waals surface area contributed by atoms with Crippen molar-refractivity contribution in [3.63, 3.8) is 0 Å². The first-order valence-electron chi connectivity index (χ1n) is 7.97. The number of hydrogen-bond acceptors (Lipinski definition) is 6. The molecule has 0 aliphatic carbocycles. The predicted octanol–water partition coefficient (Wildman–Crippen LogP) is 6.82. The van der Waals surface area contributed by atoms with Crippen LogP contribution in [0.4, 0.5) is 0 Å². The van der Waals surface area contributed by atoms with E-state index in [0.717, 1.165) is 51.4 Å². The van der Waals surface area contributed by atoms with Crippen LogP contribution in [0.1, 0.15) is 0 Å². The molecule has 0 fully saturated rings. The Kier molecular flexibility index (Phi) is 4.01. The molecule has 0 aliphatic heterocycles. The first kappa shape index (κ1) is 16.3. The molecular formula is C20H12N2S4. The van der Waals surface area contributed by atoms with Gasteiger partial charge in [-0.3, -0.25) is 0 Å². The van der Waals surface area contributed by atoms with Crippen molar-refractivity contribution >= 4 is 68.4 Å². The van der Waals surface area contributed by atoms with Gasteiger partial charge in [-0.15, -0.1) is 47.9 Å². The van der Waals surface area contributed by atoms with Crippen molar-refractivity contribution in [2.24, 2.45) is 0 Å². The molecule has 26 heavy (non-hydrogen) atoms. The summed E-state index contributed by atoms with van der Waals surface area (Å²) in [5, 5.41) is 1.98. The lowest BCUT2D eigenvalue weighted by molar-refractivity contribution is 1.40.